The third-order valence-corrected chi connectivity index (χ3v) is 4.77. The van der Waals surface area contributed by atoms with E-state index in [1.807, 2.05) is 61.6 Å². The van der Waals surface area contributed by atoms with E-state index in [-0.39, 0.29) is 12.5 Å². The van der Waals surface area contributed by atoms with Crippen molar-refractivity contribution in [2.24, 2.45) is 0 Å². The van der Waals surface area contributed by atoms with E-state index in [4.69, 9.17) is 9.47 Å². The topological polar surface area (TPSA) is 62.2 Å². The molecule has 3 rings (SSSR count). The first-order valence-corrected chi connectivity index (χ1v) is 9.60. The van der Waals surface area contributed by atoms with Crippen LogP contribution in [0.5, 0.6) is 5.75 Å². The van der Waals surface area contributed by atoms with E-state index in [9.17, 15) is 9.90 Å². The number of hydrogen-bond donors (Lipinski definition) is 1. The van der Waals surface area contributed by atoms with Gasteiger partial charge in [-0.25, -0.2) is 0 Å². The fourth-order valence-electron chi connectivity index (χ4n) is 3.19. The molecule has 0 bridgehead atoms. The molecule has 0 radical (unpaired) electrons. The molecule has 1 fully saturated rings. The van der Waals surface area contributed by atoms with Crippen molar-refractivity contribution in [2.45, 2.75) is 12.6 Å². The van der Waals surface area contributed by atoms with E-state index in [2.05, 4.69) is 4.90 Å². The minimum absolute atomic E-state index is 0.0120. The molecule has 2 aromatic rings. The highest BCUT2D eigenvalue weighted by atomic mass is 16.5. The zero-order chi connectivity index (χ0) is 19.8. The van der Waals surface area contributed by atoms with Crippen LogP contribution in [0.2, 0.25) is 0 Å². The fourth-order valence-corrected chi connectivity index (χ4v) is 3.19. The lowest BCUT2D eigenvalue weighted by Gasteiger charge is -2.26. The van der Waals surface area contributed by atoms with Gasteiger partial charge >= 0.3 is 0 Å². The van der Waals surface area contributed by atoms with Crippen LogP contribution in [0, 0.1) is 0 Å². The second-order valence-electron chi connectivity index (χ2n) is 7.05. The Bertz CT molecular complexity index is 730. The van der Waals surface area contributed by atoms with Crippen molar-refractivity contribution in [3.8, 4) is 5.75 Å². The number of carbonyl (C=O) groups excluding carboxylic acids is 1. The zero-order valence-corrected chi connectivity index (χ0v) is 16.3. The van der Waals surface area contributed by atoms with E-state index in [1.54, 1.807) is 4.90 Å². The van der Waals surface area contributed by atoms with Gasteiger partial charge < -0.3 is 19.5 Å². The van der Waals surface area contributed by atoms with Crippen LogP contribution in [0.15, 0.2) is 54.6 Å². The molecular weight excluding hydrogens is 356 g/mol. The van der Waals surface area contributed by atoms with Gasteiger partial charge in [0.15, 0.2) is 6.61 Å². The molecule has 1 heterocycles. The van der Waals surface area contributed by atoms with E-state index in [0.29, 0.717) is 38.6 Å². The average molecular weight is 384 g/mol. The molecular formula is C22H28N2O4. The van der Waals surface area contributed by atoms with Gasteiger partial charge in [-0.05, 0) is 30.3 Å². The van der Waals surface area contributed by atoms with Crippen LogP contribution >= 0.6 is 0 Å². The lowest BCUT2D eigenvalue weighted by Crippen LogP contribution is -2.42. The maximum absolute atomic E-state index is 12.1. The molecule has 6 nitrogen and oxygen atoms in total. The van der Waals surface area contributed by atoms with Crippen molar-refractivity contribution >= 4 is 5.91 Å². The fraction of sp³-hybridized carbons (Fsp3) is 0.409. The standard InChI is InChI=1S/C22H28N2O4/c1-23(16-21(25)19-5-3-2-4-6-19)15-18-7-9-20(10-8-18)28-17-22(26)24-11-13-27-14-12-24/h2-10,21,25H,11-17H2,1H3/t21-/m1/s1. The summed E-state index contributed by atoms with van der Waals surface area (Å²) < 4.78 is 10.9. The lowest BCUT2D eigenvalue weighted by atomic mass is 10.1. The number of amides is 1. The van der Waals surface area contributed by atoms with Crippen LogP contribution in [0.4, 0.5) is 0 Å². The number of benzene rings is 2. The number of morpholine rings is 1. The maximum atomic E-state index is 12.1. The molecule has 1 aliphatic rings. The summed E-state index contributed by atoms with van der Waals surface area (Å²) in [6, 6.07) is 17.4. The van der Waals surface area contributed by atoms with Gasteiger partial charge in [-0.15, -0.1) is 0 Å². The number of nitrogens with zero attached hydrogens (tertiary/aromatic N) is 2. The summed E-state index contributed by atoms with van der Waals surface area (Å²) in [5, 5.41) is 10.3. The summed E-state index contributed by atoms with van der Waals surface area (Å²) in [7, 11) is 1.98. The number of carbonyl (C=O) groups is 1. The summed E-state index contributed by atoms with van der Waals surface area (Å²) in [6.45, 7) is 3.75. The Hall–Kier alpha value is -2.41. The Kier molecular flexibility index (Phi) is 7.42. The number of hydrogen-bond acceptors (Lipinski definition) is 5. The molecule has 6 heteroatoms. The molecule has 0 aliphatic carbocycles. The van der Waals surface area contributed by atoms with Crippen LogP contribution < -0.4 is 4.74 Å². The van der Waals surface area contributed by atoms with E-state index in [1.165, 1.54) is 0 Å². The van der Waals surface area contributed by atoms with Gasteiger partial charge in [0.1, 0.15) is 5.75 Å². The minimum Gasteiger partial charge on any atom is -0.484 e. The normalized spacial score (nSPS) is 15.5. The zero-order valence-electron chi connectivity index (χ0n) is 16.3. The van der Waals surface area contributed by atoms with E-state index < -0.39 is 6.10 Å². The molecule has 1 N–H and O–H groups in total. The molecule has 28 heavy (non-hydrogen) atoms. The molecule has 0 saturated carbocycles. The highest BCUT2D eigenvalue weighted by molar-refractivity contribution is 5.77. The molecule has 150 valence electrons. The summed E-state index contributed by atoms with van der Waals surface area (Å²) >= 11 is 0. The van der Waals surface area contributed by atoms with Crippen LogP contribution in [0.3, 0.4) is 0 Å². The van der Waals surface area contributed by atoms with Gasteiger partial charge in [0.25, 0.3) is 5.91 Å². The van der Waals surface area contributed by atoms with Crippen molar-refractivity contribution in [2.75, 3.05) is 46.5 Å². The number of ether oxygens (including phenoxy) is 2. The first kappa shape index (κ1) is 20.3. The predicted molar refractivity (Wildman–Crippen MR) is 107 cm³/mol. The summed E-state index contributed by atoms with van der Waals surface area (Å²) in [6.07, 6.45) is -0.514. The summed E-state index contributed by atoms with van der Waals surface area (Å²) in [4.78, 5) is 16.0. The van der Waals surface area contributed by atoms with E-state index in [0.717, 1.165) is 17.7 Å². The van der Waals surface area contributed by atoms with Crippen LogP contribution in [0.25, 0.3) is 0 Å². The number of likely N-dealkylation sites (N-methyl/N-ethyl adjacent to an activating group) is 1. The molecule has 1 saturated heterocycles. The average Bonchev–Trinajstić information content (AvgIpc) is 2.74. The summed E-state index contributed by atoms with van der Waals surface area (Å²) in [5.41, 5.74) is 2.04. The van der Waals surface area contributed by atoms with Gasteiger partial charge in [-0.2, -0.15) is 0 Å². The Morgan fingerprint density at radius 1 is 1.14 bits per heavy atom. The lowest BCUT2D eigenvalue weighted by molar-refractivity contribution is -0.137. The second-order valence-corrected chi connectivity index (χ2v) is 7.05. The first-order valence-electron chi connectivity index (χ1n) is 9.60. The molecule has 0 aromatic heterocycles. The van der Waals surface area contributed by atoms with Gasteiger partial charge in [0.05, 0.1) is 19.3 Å². The number of aliphatic hydroxyl groups is 1. The maximum Gasteiger partial charge on any atom is 0.260 e. The Balaban J connectivity index is 1.44. The first-order chi connectivity index (χ1) is 13.6. The van der Waals surface area contributed by atoms with Crippen LogP contribution in [0.1, 0.15) is 17.2 Å². The second kappa shape index (κ2) is 10.2. The Morgan fingerprint density at radius 2 is 1.82 bits per heavy atom. The molecule has 1 amide bonds. The predicted octanol–water partition coefficient (Wildman–Crippen LogP) is 2.09. The summed E-state index contributed by atoms with van der Waals surface area (Å²) in [5.74, 6) is 0.666. The minimum atomic E-state index is -0.514. The Morgan fingerprint density at radius 3 is 2.50 bits per heavy atom. The third-order valence-electron chi connectivity index (χ3n) is 4.77. The molecule has 1 atom stereocenters. The van der Waals surface area contributed by atoms with Crippen LogP contribution in [-0.2, 0) is 16.1 Å². The number of rotatable bonds is 8. The van der Waals surface area contributed by atoms with Gasteiger partial charge in [-0.3, -0.25) is 9.69 Å². The smallest absolute Gasteiger partial charge is 0.260 e. The van der Waals surface area contributed by atoms with Gasteiger partial charge in [0.2, 0.25) is 0 Å². The van der Waals surface area contributed by atoms with Crippen molar-refractivity contribution < 1.29 is 19.4 Å². The van der Waals surface area contributed by atoms with Crippen molar-refractivity contribution in [1.82, 2.24) is 9.80 Å². The molecule has 0 spiro atoms. The van der Waals surface area contributed by atoms with Crippen molar-refractivity contribution in [1.29, 1.82) is 0 Å². The number of aliphatic hydroxyl groups excluding tert-OH is 1. The van der Waals surface area contributed by atoms with Crippen molar-refractivity contribution in [3.05, 3.63) is 65.7 Å². The van der Waals surface area contributed by atoms with Gasteiger partial charge in [-0.1, -0.05) is 42.5 Å². The Labute approximate surface area is 166 Å². The monoisotopic (exact) mass is 384 g/mol. The largest absolute Gasteiger partial charge is 0.484 e. The highest BCUT2D eigenvalue weighted by Gasteiger charge is 2.17. The van der Waals surface area contributed by atoms with Crippen LogP contribution in [-0.4, -0.2) is 67.3 Å². The quantitative estimate of drug-likeness (QED) is 0.755. The third kappa shape index (κ3) is 6.05. The van der Waals surface area contributed by atoms with Crippen molar-refractivity contribution in [3.63, 3.8) is 0 Å². The van der Waals surface area contributed by atoms with Gasteiger partial charge in [0, 0.05) is 26.2 Å². The highest BCUT2D eigenvalue weighted by Crippen LogP contribution is 2.17. The molecule has 1 aliphatic heterocycles. The molecule has 2 aromatic carbocycles. The van der Waals surface area contributed by atoms with E-state index >= 15 is 0 Å². The SMILES string of the molecule is CN(Cc1ccc(OCC(=O)N2CCOCC2)cc1)C[C@@H](O)c1ccccc1. The molecule has 0 unspecified atom stereocenters.